The SMILES string of the molecule is CCNC(=NCC(C)c1ccccc1)NC1CCCC(S(=O)CC)C1.I. The molecular formula is C20H34IN3OS. The Kier molecular flexibility index (Phi) is 11.4. The van der Waals surface area contributed by atoms with E-state index < -0.39 is 10.8 Å². The average molecular weight is 491 g/mol. The molecule has 4 unspecified atom stereocenters. The predicted molar refractivity (Wildman–Crippen MR) is 124 cm³/mol. The molecule has 148 valence electrons. The third kappa shape index (κ3) is 7.55. The largest absolute Gasteiger partial charge is 0.357 e. The summed E-state index contributed by atoms with van der Waals surface area (Å²) >= 11 is 0. The topological polar surface area (TPSA) is 53.5 Å². The molecule has 4 atom stereocenters. The maximum atomic E-state index is 12.1. The highest BCUT2D eigenvalue weighted by Crippen LogP contribution is 2.23. The standard InChI is InChI=1S/C20H33N3OS.HI/c1-4-21-20(22-15-16(3)17-10-7-6-8-11-17)23-18-12-9-13-19(14-18)25(24)5-2;/h6-8,10-11,16,18-19H,4-5,9,12-15H2,1-3H3,(H2,21,22,23);1H. The van der Waals surface area contributed by atoms with Crippen molar-refractivity contribution in [3.8, 4) is 0 Å². The van der Waals surface area contributed by atoms with Gasteiger partial charge in [-0.1, -0.05) is 50.6 Å². The van der Waals surface area contributed by atoms with Crippen LogP contribution in [0.15, 0.2) is 35.3 Å². The second kappa shape index (κ2) is 12.7. The number of aliphatic imine (C=N–C) groups is 1. The monoisotopic (exact) mass is 491 g/mol. The Balaban J connectivity index is 0.00000338. The summed E-state index contributed by atoms with van der Waals surface area (Å²) < 4.78 is 12.1. The van der Waals surface area contributed by atoms with Crippen LogP contribution in [0.2, 0.25) is 0 Å². The van der Waals surface area contributed by atoms with Crippen LogP contribution in [-0.4, -0.2) is 40.3 Å². The molecule has 1 aromatic rings. The van der Waals surface area contributed by atoms with Crippen LogP contribution < -0.4 is 10.6 Å². The molecule has 0 aliphatic heterocycles. The van der Waals surface area contributed by atoms with Gasteiger partial charge < -0.3 is 10.6 Å². The maximum Gasteiger partial charge on any atom is 0.191 e. The molecule has 1 aliphatic carbocycles. The van der Waals surface area contributed by atoms with Crippen LogP contribution in [0.4, 0.5) is 0 Å². The van der Waals surface area contributed by atoms with Gasteiger partial charge in [0.15, 0.2) is 5.96 Å². The number of rotatable bonds is 7. The zero-order chi connectivity index (χ0) is 18.1. The van der Waals surface area contributed by atoms with E-state index >= 15 is 0 Å². The normalized spacial score (nSPS) is 22.8. The van der Waals surface area contributed by atoms with E-state index in [-0.39, 0.29) is 24.0 Å². The highest BCUT2D eigenvalue weighted by molar-refractivity contribution is 14.0. The Morgan fingerprint density at radius 2 is 2.00 bits per heavy atom. The van der Waals surface area contributed by atoms with Crippen molar-refractivity contribution in [1.82, 2.24) is 10.6 Å². The number of hydrogen-bond donors (Lipinski definition) is 2. The zero-order valence-electron chi connectivity index (χ0n) is 16.2. The van der Waals surface area contributed by atoms with Crippen molar-refractivity contribution in [1.29, 1.82) is 0 Å². The minimum Gasteiger partial charge on any atom is -0.357 e. The summed E-state index contributed by atoms with van der Waals surface area (Å²) in [5, 5.41) is 7.27. The molecule has 0 radical (unpaired) electrons. The molecule has 26 heavy (non-hydrogen) atoms. The predicted octanol–water partition coefficient (Wildman–Crippen LogP) is 4.04. The summed E-state index contributed by atoms with van der Waals surface area (Å²) in [5.41, 5.74) is 1.32. The third-order valence-corrected chi connectivity index (χ3v) is 6.60. The molecule has 1 fully saturated rings. The van der Waals surface area contributed by atoms with Crippen LogP contribution in [-0.2, 0) is 10.8 Å². The highest BCUT2D eigenvalue weighted by Gasteiger charge is 2.26. The molecule has 4 nitrogen and oxygen atoms in total. The van der Waals surface area contributed by atoms with Gasteiger partial charge in [-0.05, 0) is 31.7 Å². The van der Waals surface area contributed by atoms with Gasteiger partial charge in [0.25, 0.3) is 0 Å². The number of hydrogen-bond acceptors (Lipinski definition) is 2. The van der Waals surface area contributed by atoms with E-state index in [0.717, 1.165) is 50.5 Å². The molecular weight excluding hydrogens is 457 g/mol. The van der Waals surface area contributed by atoms with Crippen molar-refractivity contribution in [3.63, 3.8) is 0 Å². The van der Waals surface area contributed by atoms with E-state index in [0.29, 0.717) is 17.2 Å². The molecule has 2 N–H and O–H groups in total. The second-order valence-electron chi connectivity index (χ2n) is 6.83. The first-order valence-corrected chi connectivity index (χ1v) is 11.0. The maximum absolute atomic E-state index is 12.1. The van der Waals surface area contributed by atoms with E-state index in [9.17, 15) is 4.21 Å². The fraction of sp³-hybridized carbons (Fsp3) is 0.650. The summed E-state index contributed by atoms with van der Waals surface area (Å²) in [5.74, 6) is 2.04. The van der Waals surface area contributed by atoms with Crippen molar-refractivity contribution in [2.75, 3.05) is 18.8 Å². The lowest BCUT2D eigenvalue weighted by atomic mass is 9.95. The van der Waals surface area contributed by atoms with Gasteiger partial charge in [-0.15, -0.1) is 24.0 Å². The highest BCUT2D eigenvalue weighted by atomic mass is 127. The van der Waals surface area contributed by atoms with Crippen LogP contribution in [0.5, 0.6) is 0 Å². The van der Waals surface area contributed by atoms with Crippen LogP contribution >= 0.6 is 24.0 Å². The molecule has 0 aromatic heterocycles. The van der Waals surface area contributed by atoms with Crippen molar-refractivity contribution < 1.29 is 4.21 Å². The summed E-state index contributed by atoms with van der Waals surface area (Å²) in [4.78, 5) is 4.79. The number of guanidine groups is 1. The van der Waals surface area contributed by atoms with Gasteiger partial charge in [-0.25, -0.2) is 0 Å². The molecule has 0 amide bonds. The Morgan fingerprint density at radius 3 is 2.65 bits per heavy atom. The van der Waals surface area contributed by atoms with Crippen molar-refractivity contribution in [2.45, 2.75) is 63.7 Å². The quantitative estimate of drug-likeness (QED) is 0.344. The van der Waals surface area contributed by atoms with E-state index in [1.54, 1.807) is 0 Å². The van der Waals surface area contributed by atoms with Crippen LogP contribution in [0.3, 0.4) is 0 Å². The second-order valence-corrected chi connectivity index (χ2v) is 8.84. The summed E-state index contributed by atoms with van der Waals surface area (Å²) in [6, 6.07) is 10.9. The number of nitrogens with one attached hydrogen (secondary N) is 2. The third-order valence-electron chi connectivity index (χ3n) is 4.86. The van der Waals surface area contributed by atoms with Gasteiger partial charge in [0.2, 0.25) is 0 Å². The summed E-state index contributed by atoms with van der Waals surface area (Å²) in [6.07, 6.45) is 4.36. The molecule has 6 heteroatoms. The molecule has 0 saturated heterocycles. The lowest BCUT2D eigenvalue weighted by molar-refractivity contribution is 0.413. The van der Waals surface area contributed by atoms with E-state index in [4.69, 9.17) is 4.99 Å². The fourth-order valence-corrected chi connectivity index (χ4v) is 4.73. The number of nitrogens with zero attached hydrogens (tertiary/aromatic N) is 1. The minimum atomic E-state index is -0.689. The molecule has 2 rings (SSSR count). The van der Waals surface area contributed by atoms with E-state index in [1.807, 2.05) is 13.0 Å². The fourth-order valence-electron chi connectivity index (χ4n) is 3.38. The zero-order valence-corrected chi connectivity index (χ0v) is 19.4. The van der Waals surface area contributed by atoms with Crippen molar-refractivity contribution >= 4 is 40.7 Å². The molecule has 1 aromatic carbocycles. The first kappa shape index (κ1) is 23.4. The van der Waals surface area contributed by atoms with Gasteiger partial charge in [-0.2, -0.15) is 0 Å². The van der Waals surface area contributed by atoms with E-state index in [2.05, 4.69) is 48.7 Å². The summed E-state index contributed by atoms with van der Waals surface area (Å²) in [7, 11) is -0.689. The Labute approximate surface area is 178 Å². The molecule has 0 heterocycles. The number of benzene rings is 1. The van der Waals surface area contributed by atoms with Gasteiger partial charge in [0.1, 0.15) is 0 Å². The van der Waals surface area contributed by atoms with Crippen LogP contribution in [0, 0.1) is 0 Å². The molecule has 1 aliphatic rings. The van der Waals surface area contributed by atoms with Crippen molar-refractivity contribution in [2.24, 2.45) is 4.99 Å². The molecule has 0 spiro atoms. The number of halogens is 1. The lowest BCUT2D eigenvalue weighted by Crippen LogP contribution is -2.46. The average Bonchev–Trinajstić information content (AvgIpc) is 2.66. The van der Waals surface area contributed by atoms with Gasteiger partial charge in [0, 0.05) is 46.9 Å². The van der Waals surface area contributed by atoms with E-state index in [1.165, 1.54) is 5.56 Å². The molecule has 1 saturated carbocycles. The van der Waals surface area contributed by atoms with Gasteiger partial charge >= 0.3 is 0 Å². The smallest absolute Gasteiger partial charge is 0.191 e. The van der Waals surface area contributed by atoms with Crippen LogP contribution in [0.25, 0.3) is 0 Å². The Morgan fingerprint density at radius 1 is 1.27 bits per heavy atom. The molecule has 0 bridgehead atoms. The Hall–Kier alpha value is -0.630. The first-order chi connectivity index (χ1) is 12.1. The lowest BCUT2D eigenvalue weighted by Gasteiger charge is -2.30. The van der Waals surface area contributed by atoms with Gasteiger partial charge in [-0.3, -0.25) is 9.20 Å². The van der Waals surface area contributed by atoms with Crippen LogP contribution in [0.1, 0.15) is 57.9 Å². The Bertz CT molecular complexity index is 567. The summed E-state index contributed by atoms with van der Waals surface area (Å²) in [6.45, 7) is 7.93. The first-order valence-electron chi connectivity index (χ1n) is 9.61. The van der Waals surface area contributed by atoms with Gasteiger partial charge in [0.05, 0.1) is 0 Å². The minimum absolute atomic E-state index is 0. The van der Waals surface area contributed by atoms with Crippen molar-refractivity contribution in [3.05, 3.63) is 35.9 Å².